The largest absolute Gasteiger partial charge is 0.494 e. The molecule has 1 aliphatic heterocycles. The molecule has 1 saturated heterocycles. The Morgan fingerprint density at radius 1 is 0.913 bits per heavy atom. The van der Waals surface area contributed by atoms with E-state index in [9.17, 15) is 0 Å². The molecule has 1 heterocycles. The van der Waals surface area contributed by atoms with Crippen molar-refractivity contribution < 1.29 is 14.2 Å². The Balaban J connectivity index is 1.53. The van der Waals surface area contributed by atoms with Gasteiger partial charge in [0, 0.05) is 0 Å². The molecule has 0 bridgehead atoms. The van der Waals surface area contributed by atoms with Gasteiger partial charge in [-0.3, -0.25) is 0 Å². The highest BCUT2D eigenvalue weighted by Crippen LogP contribution is 2.23. The smallest absolute Gasteiger partial charge is 0.119 e. The number of hydrogen-bond donors (Lipinski definition) is 0. The Hall–Kier alpha value is -2.40. The van der Waals surface area contributed by atoms with Crippen LogP contribution in [0.3, 0.4) is 0 Å². The van der Waals surface area contributed by atoms with Gasteiger partial charge >= 0.3 is 0 Å². The molecule has 2 aromatic carbocycles. The number of nitrogens with zero attached hydrogens (tertiary/aromatic N) is 2. The van der Waals surface area contributed by atoms with Crippen molar-refractivity contribution in [2.75, 3.05) is 19.8 Å². The van der Waals surface area contributed by atoms with Crippen molar-refractivity contribution in [3.05, 3.63) is 48.5 Å². The summed E-state index contributed by atoms with van der Waals surface area (Å²) in [4.78, 5) is 0. The molecular weight excluding hydrogens is 292 g/mol. The number of hydrogen-bond acceptors (Lipinski definition) is 5. The molecule has 3 rings (SSSR count). The average molecular weight is 312 g/mol. The fourth-order valence-corrected chi connectivity index (χ4v) is 1.91. The summed E-state index contributed by atoms with van der Waals surface area (Å²) >= 11 is 0. The van der Waals surface area contributed by atoms with Crippen LogP contribution in [-0.4, -0.2) is 25.9 Å². The Morgan fingerprint density at radius 2 is 1.43 bits per heavy atom. The van der Waals surface area contributed by atoms with Gasteiger partial charge in [-0.05, 0) is 55.0 Å². The lowest BCUT2D eigenvalue weighted by molar-refractivity contribution is 0.263. The van der Waals surface area contributed by atoms with E-state index in [1.54, 1.807) is 0 Å². The van der Waals surface area contributed by atoms with E-state index in [4.69, 9.17) is 14.2 Å². The first kappa shape index (κ1) is 15.5. The van der Waals surface area contributed by atoms with Crippen LogP contribution in [0.1, 0.15) is 13.3 Å². The molecule has 0 spiro atoms. The predicted octanol–water partition coefficient (Wildman–Crippen LogP) is 4.67. The van der Waals surface area contributed by atoms with Crippen LogP contribution < -0.4 is 9.47 Å². The SMILES string of the molecule is CCCOc1ccc(N=Nc2ccc(OCC3CO3)cc2)cc1. The van der Waals surface area contributed by atoms with Crippen LogP contribution in [0.4, 0.5) is 11.4 Å². The zero-order valence-electron chi connectivity index (χ0n) is 13.1. The Kier molecular flexibility index (Phi) is 5.21. The molecule has 1 unspecified atom stereocenters. The number of rotatable bonds is 8. The van der Waals surface area contributed by atoms with Gasteiger partial charge in [-0.1, -0.05) is 6.92 Å². The molecule has 0 amide bonds. The molecule has 23 heavy (non-hydrogen) atoms. The van der Waals surface area contributed by atoms with Crippen molar-refractivity contribution in [3.8, 4) is 11.5 Å². The fraction of sp³-hybridized carbons (Fsp3) is 0.333. The standard InChI is InChI=1S/C18H20N2O3/c1-2-11-21-16-7-3-14(4-8-16)19-20-15-5-9-17(10-6-15)22-12-18-13-23-18/h3-10,18H,2,11-13H2,1H3. The first-order valence-corrected chi connectivity index (χ1v) is 7.82. The topological polar surface area (TPSA) is 55.7 Å². The normalized spacial score (nSPS) is 16.5. The highest BCUT2D eigenvalue weighted by atomic mass is 16.6. The lowest BCUT2D eigenvalue weighted by Crippen LogP contribution is -2.03. The average Bonchev–Trinajstić information content (AvgIpc) is 3.42. The van der Waals surface area contributed by atoms with Crippen LogP contribution in [0.5, 0.6) is 11.5 Å². The van der Waals surface area contributed by atoms with Crippen molar-refractivity contribution in [2.24, 2.45) is 10.2 Å². The van der Waals surface area contributed by atoms with Crippen molar-refractivity contribution in [1.82, 2.24) is 0 Å². The predicted molar refractivity (Wildman–Crippen MR) is 88.1 cm³/mol. The summed E-state index contributed by atoms with van der Waals surface area (Å²) in [5.74, 6) is 1.67. The molecular formula is C18H20N2O3. The third-order valence-corrected chi connectivity index (χ3v) is 3.27. The second-order valence-corrected chi connectivity index (χ2v) is 5.30. The molecule has 120 valence electrons. The maximum Gasteiger partial charge on any atom is 0.119 e. The van der Waals surface area contributed by atoms with Crippen molar-refractivity contribution in [3.63, 3.8) is 0 Å². The third-order valence-electron chi connectivity index (χ3n) is 3.27. The first-order valence-electron chi connectivity index (χ1n) is 7.82. The van der Waals surface area contributed by atoms with E-state index in [1.165, 1.54) is 0 Å². The van der Waals surface area contributed by atoms with E-state index in [0.29, 0.717) is 6.61 Å². The maximum atomic E-state index is 5.58. The fourth-order valence-electron chi connectivity index (χ4n) is 1.91. The van der Waals surface area contributed by atoms with Gasteiger partial charge in [-0.2, -0.15) is 10.2 Å². The van der Waals surface area contributed by atoms with Crippen LogP contribution in [-0.2, 0) is 4.74 Å². The maximum absolute atomic E-state index is 5.58. The van der Waals surface area contributed by atoms with E-state index in [0.717, 1.165) is 42.5 Å². The van der Waals surface area contributed by atoms with Crippen molar-refractivity contribution in [1.29, 1.82) is 0 Å². The summed E-state index contributed by atoms with van der Waals surface area (Å²) in [5, 5.41) is 8.44. The highest BCUT2D eigenvalue weighted by molar-refractivity contribution is 5.44. The zero-order chi connectivity index (χ0) is 15.9. The summed E-state index contributed by atoms with van der Waals surface area (Å²) in [6.45, 7) is 4.21. The summed E-state index contributed by atoms with van der Waals surface area (Å²) in [5.41, 5.74) is 1.58. The van der Waals surface area contributed by atoms with Gasteiger partial charge in [-0.15, -0.1) is 0 Å². The monoisotopic (exact) mass is 312 g/mol. The summed E-state index contributed by atoms with van der Waals surface area (Å²) in [6, 6.07) is 15.1. The van der Waals surface area contributed by atoms with E-state index in [1.807, 2.05) is 48.5 Å². The second-order valence-electron chi connectivity index (χ2n) is 5.30. The number of ether oxygens (including phenoxy) is 3. The number of benzene rings is 2. The molecule has 5 heteroatoms. The lowest BCUT2D eigenvalue weighted by atomic mass is 10.3. The molecule has 5 nitrogen and oxygen atoms in total. The van der Waals surface area contributed by atoms with Gasteiger partial charge in [0.2, 0.25) is 0 Å². The Labute approximate surface area is 135 Å². The zero-order valence-corrected chi connectivity index (χ0v) is 13.1. The number of azo groups is 1. The Morgan fingerprint density at radius 3 is 1.91 bits per heavy atom. The quantitative estimate of drug-likeness (QED) is 0.526. The van der Waals surface area contributed by atoms with E-state index in [2.05, 4.69) is 17.2 Å². The molecule has 1 atom stereocenters. The molecule has 1 fully saturated rings. The molecule has 0 radical (unpaired) electrons. The van der Waals surface area contributed by atoms with E-state index in [-0.39, 0.29) is 6.10 Å². The molecule has 0 aromatic heterocycles. The highest BCUT2D eigenvalue weighted by Gasteiger charge is 2.22. The van der Waals surface area contributed by atoms with Gasteiger partial charge in [0.25, 0.3) is 0 Å². The minimum absolute atomic E-state index is 0.263. The second kappa shape index (κ2) is 7.74. The lowest BCUT2D eigenvalue weighted by Gasteiger charge is -2.04. The van der Waals surface area contributed by atoms with Gasteiger partial charge in [0.15, 0.2) is 0 Å². The van der Waals surface area contributed by atoms with Crippen LogP contribution in [0, 0.1) is 0 Å². The van der Waals surface area contributed by atoms with Gasteiger partial charge in [0.1, 0.15) is 24.2 Å². The van der Waals surface area contributed by atoms with Crippen LogP contribution in [0.15, 0.2) is 58.8 Å². The molecule has 2 aromatic rings. The summed E-state index contributed by atoms with van der Waals surface area (Å²) in [7, 11) is 0. The van der Waals surface area contributed by atoms with Gasteiger partial charge in [0.05, 0.1) is 24.6 Å². The summed E-state index contributed by atoms with van der Waals surface area (Å²) in [6.07, 6.45) is 1.26. The van der Waals surface area contributed by atoms with Crippen LogP contribution in [0.25, 0.3) is 0 Å². The number of epoxide rings is 1. The third kappa shape index (κ3) is 5.07. The molecule has 1 aliphatic rings. The molecule has 0 N–H and O–H groups in total. The van der Waals surface area contributed by atoms with Crippen molar-refractivity contribution in [2.45, 2.75) is 19.4 Å². The molecule has 0 saturated carbocycles. The molecule has 0 aliphatic carbocycles. The Bertz CT molecular complexity index is 634. The minimum atomic E-state index is 0.263. The van der Waals surface area contributed by atoms with Gasteiger partial charge < -0.3 is 14.2 Å². The van der Waals surface area contributed by atoms with Crippen LogP contribution >= 0.6 is 0 Å². The summed E-state index contributed by atoms with van der Waals surface area (Å²) < 4.78 is 16.2. The van der Waals surface area contributed by atoms with E-state index >= 15 is 0 Å². The van der Waals surface area contributed by atoms with Gasteiger partial charge in [-0.25, -0.2) is 0 Å². The first-order chi connectivity index (χ1) is 11.3. The van der Waals surface area contributed by atoms with Crippen molar-refractivity contribution >= 4 is 11.4 Å². The van der Waals surface area contributed by atoms with E-state index < -0.39 is 0 Å². The minimum Gasteiger partial charge on any atom is -0.494 e. The van der Waals surface area contributed by atoms with Crippen LogP contribution in [0.2, 0.25) is 0 Å².